The van der Waals surface area contributed by atoms with Gasteiger partial charge in [-0.2, -0.15) is 0 Å². The van der Waals surface area contributed by atoms with Gasteiger partial charge < -0.3 is 14.0 Å². The first-order valence-corrected chi connectivity index (χ1v) is 6.45. The Hall–Kier alpha value is -0.835. The summed E-state index contributed by atoms with van der Waals surface area (Å²) in [6.07, 6.45) is 0. The van der Waals surface area contributed by atoms with E-state index in [0.29, 0.717) is 13.2 Å². The molecule has 0 amide bonds. The van der Waals surface area contributed by atoms with Crippen molar-refractivity contribution in [2.45, 2.75) is 52.1 Å². The van der Waals surface area contributed by atoms with Crippen molar-refractivity contribution >= 4 is 12.6 Å². The minimum absolute atomic E-state index is 0.286. The summed E-state index contributed by atoms with van der Waals surface area (Å²) in [7, 11) is -0.286. The first-order chi connectivity index (χ1) is 8.41. The van der Waals surface area contributed by atoms with Gasteiger partial charge in [0.15, 0.2) is 0 Å². The second kappa shape index (κ2) is 3.83. The molecule has 0 N–H and O–H groups in total. The fourth-order valence-corrected chi connectivity index (χ4v) is 2.42. The zero-order valence-corrected chi connectivity index (χ0v) is 11.4. The largest absolute Gasteiger partial charge is 0.495 e. The molecule has 96 valence electrons. The summed E-state index contributed by atoms with van der Waals surface area (Å²) in [5, 5.41) is 0. The molecule has 0 spiro atoms. The summed E-state index contributed by atoms with van der Waals surface area (Å²) in [6.45, 7) is 9.66. The highest BCUT2D eigenvalue weighted by atomic mass is 16.7. The summed E-state index contributed by atoms with van der Waals surface area (Å²) in [4.78, 5) is 0. The number of benzene rings is 1. The Morgan fingerprint density at radius 3 is 2.33 bits per heavy atom. The van der Waals surface area contributed by atoms with Crippen LogP contribution < -0.4 is 5.46 Å². The van der Waals surface area contributed by atoms with E-state index < -0.39 is 0 Å². The van der Waals surface area contributed by atoms with Crippen LogP contribution >= 0.6 is 0 Å². The summed E-state index contributed by atoms with van der Waals surface area (Å²) in [5.74, 6) is 0. The maximum atomic E-state index is 6.10. The van der Waals surface area contributed by atoms with E-state index in [1.54, 1.807) is 0 Å². The Morgan fingerprint density at radius 1 is 1.00 bits per heavy atom. The van der Waals surface area contributed by atoms with Crippen LogP contribution in [0.4, 0.5) is 0 Å². The van der Waals surface area contributed by atoms with E-state index >= 15 is 0 Å². The number of hydrogen-bond acceptors (Lipinski definition) is 3. The van der Waals surface area contributed by atoms with Crippen LogP contribution in [0.1, 0.15) is 38.8 Å². The average molecular weight is 246 g/mol. The van der Waals surface area contributed by atoms with Gasteiger partial charge in [0.05, 0.1) is 24.4 Å². The lowest BCUT2D eigenvalue weighted by molar-refractivity contribution is 0.00578. The molecule has 1 aromatic carbocycles. The Morgan fingerprint density at radius 2 is 1.67 bits per heavy atom. The molecule has 0 bridgehead atoms. The van der Waals surface area contributed by atoms with Crippen LogP contribution in [0.5, 0.6) is 0 Å². The summed E-state index contributed by atoms with van der Waals surface area (Å²) in [5.41, 5.74) is 3.02. The lowest BCUT2D eigenvalue weighted by atomic mass is 9.75. The zero-order valence-electron chi connectivity index (χ0n) is 11.4. The van der Waals surface area contributed by atoms with Crippen LogP contribution in [0.2, 0.25) is 0 Å². The lowest BCUT2D eigenvalue weighted by Gasteiger charge is -2.32. The molecule has 1 saturated heterocycles. The molecule has 4 heteroatoms. The number of ether oxygens (including phenoxy) is 1. The van der Waals surface area contributed by atoms with Crippen molar-refractivity contribution in [3.05, 3.63) is 29.3 Å². The van der Waals surface area contributed by atoms with Crippen LogP contribution in [-0.4, -0.2) is 18.3 Å². The van der Waals surface area contributed by atoms with Crippen molar-refractivity contribution in [2.75, 3.05) is 0 Å². The van der Waals surface area contributed by atoms with Gasteiger partial charge in [-0.25, -0.2) is 0 Å². The van der Waals surface area contributed by atoms with Crippen LogP contribution in [0, 0.1) is 0 Å². The second-order valence-electron chi connectivity index (χ2n) is 6.07. The van der Waals surface area contributed by atoms with Gasteiger partial charge in [-0.3, -0.25) is 0 Å². The molecule has 1 aromatic rings. The molecule has 2 aliphatic heterocycles. The molecule has 0 saturated carbocycles. The molecule has 0 aromatic heterocycles. The van der Waals surface area contributed by atoms with E-state index in [1.807, 2.05) is 6.07 Å². The van der Waals surface area contributed by atoms with E-state index in [-0.39, 0.29) is 18.3 Å². The van der Waals surface area contributed by atoms with Crippen molar-refractivity contribution in [1.29, 1.82) is 0 Å². The summed E-state index contributed by atoms with van der Waals surface area (Å²) in [6, 6.07) is 6.24. The van der Waals surface area contributed by atoms with Crippen molar-refractivity contribution in [3.8, 4) is 0 Å². The maximum absolute atomic E-state index is 6.10. The first kappa shape index (κ1) is 12.2. The van der Waals surface area contributed by atoms with Crippen molar-refractivity contribution in [2.24, 2.45) is 0 Å². The molecule has 2 heterocycles. The third-order valence-electron chi connectivity index (χ3n) is 4.32. The number of fused-ring (bicyclic) bond motifs is 1. The highest BCUT2D eigenvalue weighted by Gasteiger charge is 2.52. The van der Waals surface area contributed by atoms with E-state index in [1.165, 1.54) is 11.1 Å². The predicted molar refractivity (Wildman–Crippen MR) is 70.7 cm³/mol. The first-order valence-electron chi connectivity index (χ1n) is 6.45. The van der Waals surface area contributed by atoms with Gasteiger partial charge in [-0.05, 0) is 44.3 Å². The van der Waals surface area contributed by atoms with Gasteiger partial charge in [0, 0.05) is 0 Å². The fraction of sp³-hybridized carbons (Fsp3) is 0.571. The average Bonchev–Trinajstić information content (AvgIpc) is 2.81. The SMILES string of the molecule is CC1(C)OB(c2cccc3c2COC3)OC1(C)C. The Kier molecular flexibility index (Phi) is 2.60. The molecule has 3 nitrogen and oxygen atoms in total. The van der Waals surface area contributed by atoms with E-state index in [4.69, 9.17) is 14.0 Å². The third kappa shape index (κ3) is 1.71. The minimum Gasteiger partial charge on any atom is -0.399 e. The predicted octanol–water partition coefficient (Wildman–Crippen LogP) is 2.02. The standard InChI is InChI=1S/C14H19BO3/c1-13(2)14(3,4)18-15(17-13)12-7-5-6-10-8-16-9-11(10)12/h5-7H,8-9H2,1-4H3. The molecule has 1 fully saturated rings. The summed E-state index contributed by atoms with van der Waals surface area (Å²) >= 11 is 0. The smallest absolute Gasteiger partial charge is 0.399 e. The normalized spacial score (nSPS) is 24.3. The lowest BCUT2D eigenvalue weighted by Crippen LogP contribution is -2.41. The molecule has 0 aliphatic carbocycles. The van der Waals surface area contributed by atoms with Crippen molar-refractivity contribution < 1.29 is 14.0 Å². The molecular formula is C14H19BO3. The highest BCUT2D eigenvalue weighted by Crippen LogP contribution is 2.37. The quantitative estimate of drug-likeness (QED) is 0.709. The maximum Gasteiger partial charge on any atom is 0.495 e. The van der Waals surface area contributed by atoms with Crippen LogP contribution in [-0.2, 0) is 27.3 Å². The topological polar surface area (TPSA) is 27.7 Å². The Labute approximate surface area is 109 Å². The van der Waals surface area contributed by atoms with Gasteiger partial charge in [0.1, 0.15) is 0 Å². The summed E-state index contributed by atoms with van der Waals surface area (Å²) < 4.78 is 17.7. The van der Waals surface area contributed by atoms with Gasteiger partial charge in [0.25, 0.3) is 0 Å². The molecule has 3 rings (SSSR count). The van der Waals surface area contributed by atoms with Crippen LogP contribution in [0.15, 0.2) is 18.2 Å². The number of hydrogen-bond donors (Lipinski definition) is 0. The molecular weight excluding hydrogens is 227 g/mol. The monoisotopic (exact) mass is 246 g/mol. The van der Waals surface area contributed by atoms with Gasteiger partial charge in [0.2, 0.25) is 0 Å². The second-order valence-corrected chi connectivity index (χ2v) is 6.07. The van der Waals surface area contributed by atoms with Crippen LogP contribution in [0.25, 0.3) is 0 Å². The van der Waals surface area contributed by atoms with E-state index in [2.05, 4.69) is 39.8 Å². The van der Waals surface area contributed by atoms with Crippen LogP contribution in [0.3, 0.4) is 0 Å². The van der Waals surface area contributed by atoms with E-state index in [0.717, 1.165) is 5.46 Å². The number of rotatable bonds is 1. The third-order valence-corrected chi connectivity index (χ3v) is 4.32. The van der Waals surface area contributed by atoms with Crippen molar-refractivity contribution in [1.82, 2.24) is 0 Å². The molecule has 18 heavy (non-hydrogen) atoms. The Bertz CT molecular complexity index is 466. The highest BCUT2D eigenvalue weighted by molar-refractivity contribution is 6.62. The van der Waals surface area contributed by atoms with E-state index in [9.17, 15) is 0 Å². The van der Waals surface area contributed by atoms with Gasteiger partial charge in [-0.1, -0.05) is 18.2 Å². The van der Waals surface area contributed by atoms with Gasteiger partial charge >= 0.3 is 7.12 Å². The molecule has 0 unspecified atom stereocenters. The molecule has 2 aliphatic rings. The fourth-order valence-electron chi connectivity index (χ4n) is 2.42. The Balaban J connectivity index is 1.97. The van der Waals surface area contributed by atoms with Gasteiger partial charge in [-0.15, -0.1) is 0 Å². The molecule has 0 radical (unpaired) electrons. The van der Waals surface area contributed by atoms with Crippen molar-refractivity contribution in [3.63, 3.8) is 0 Å². The molecule has 0 atom stereocenters. The zero-order chi connectivity index (χ0) is 13.0. The minimum atomic E-state index is -0.292.